The van der Waals surface area contributed by atoms with E-state index in [1.165, 1.54) is 6.92 Å². The van der Waals surface area contributed by atoms with E-state index < -0.39 is 60.1 Å². The van der Waals surface area contributed by atoms with E-state index >= 15 is 0 Å². The van der Waals surface area contributed by atoms with Crippen LogP contribution < -0.4 is 16.0 Å². The molecule has 0 bridgehead atoms. The number of rotatable bonds is 13. The molecule has 0 radical (unpaired) electrons. The fraction of sp³-hybridized carbons (Fsp3) is 0.600. The van der Waals surface area contributed by atoms with Crippen LogP contribution in [0.1, 0.15) is 71.2 Å². The number of esters is 2. The highest BCUT2D eigenvalue weighted by atomic mass is 16.6. The number of Topliss-reactive ketones (excluding diaryl/α,β-unsaturated/α-hetero) is 1. The van der Waals surface area contributed by atoms with E-state index in [2.05, 4.69) is 16.0 Å². The summed E-state index contributed by atoms with van der Waals surface area (Å²) in [6, 6.07) is 5.86. The molecule has 3 amide bonds. The molecule has 1 aromatic rings. The highest BCUT2D eigenvalue weighted by molar-refractivity contribution is 5.98. The lowest BCUT2D eigenvalue weighted by Crippen LogP contribution is -2.56. The number of alkyl carbamates (subject to hydrolysis) is 1. The summed E-state index contributed by atoms with van der Waals surface area (Å²) in [5.74, 6) is -3.33. The van der Waals surface area contributed by atoms with Crippen molar-refractivity contribution in [2.75, 3.05) is 6.61 Å². The van der Waals surface area contributed by atoms with E-state index in [1.54, 1.807) is 51.1 Å². The van der Waals surface area contributed by atoms with E-state index in [0.717, 1.165) is 6.42 Å². The zero-order valence-electron chi connectivity index (χ0n) is 24.9. The molecule has 12 nitrogen and oxygen atoms in total. The summed E-state index contributed by atoms with van der Waals surface area (Å²) < 4.78 is 15.5. The minimum atomic E-state index is -1.15. The number of amides is 3. The van der Waals surface area contributed by atoms with Crippen LogP contribution >= 0.6 is 0 Å². The first kappa shape index (κ1) is 32.6. The fourth-order valence-electron chi connectivity index (χ4n) is 4.59. The molecule has 1 saturated heterocycles. The molecule has 0 aromatic heterocycles. The molecule has 1 aliphatic carbocycles. The van der Waals surface area contributed by atoms with Gasteiger partial charge >= 0.3 is 18.0 Å². The molecular formula is C30H41N3O9. The maximum Gasteiger partial charge on any atom is 0.408 e. The first-order valence-corrected chi connectivity index (χ1v) is 14.3. The van der Waals surface area contributed by atoms with E-state index in [-0.39, 0.29) is 36.2 Å². The molecule has 7 unspecified atom stereocenters. The van der Waals surface area contributed by atoms with Crippen molar-refractivity contribution in [2.45, 2.75) is 90.6 Å². The van der Waals surface area contributed by atoms with Crippen molar-refractivity contribution in [1.29, 1.82) is 0 Å². The third-order valence-electron chi connectivity index (χ3n) is 7.31. The third-order valence-corrected chi connectivity index (χ3v) is 7.31. The fourth-order valence-corrected chi connectivity index (χ4v) is 4.59. The molecule has 1 aromatic carbocycles. The van der Waals surface area contributed by atoms with Crippen molar-refractivity contribution in [3.05, 3.63) is 35.9 Å². The van der Waals surface area contributed by atoms with Gasteiger partial charge in [0.15, 0.2) is 18.5 Å². The highest BCUT2D eigenvalue weighted by Gasteiger charge is 2.51. The van der Waals surface area contributed by atoms with Crippen LogP contribution in [-0.4, -0.2) is 72.1 Å². The van der Waals surface area contributed by atoms with Gasteiger partial charge in [-0.2, -0.15) is 0 Å². The number of hydrogen-bond acceptors (Lipinski definition) is 9. The zero-order valence-corrected chi connectivity index (χ0v) is 24.9. The van der Waals surface area contributed by atoms with Gasteiger partial charge in [0.25, 0.3) is 5.91 Å². The van der Waals surface area contributed by atoms with Crippen molar-refractivity contribution in [3.8, 4) is 0 Å². The van der Waals surface area contributed by atoms with Gasteiger partial charge in [0.05, 0.1) is 0 Å². The Labute approximate surface area is 245 Å². The predicted octanol–water partition coefficient (Wildman–Crippen LogP) is 2.29. The summed E-state index contributed by atoms with van der Waals surface area (Å²) in [6.45, 7) is 9.81. The largest absolute Gasteiger partial charge is 0.456 e. The topological polar surface area (TPSA) is 166 Å². The van der Waals surface area contributed by atoms with Gasteiger partial charge in [0.2, 0.25) is 5.91 Å². The number of nitrogens with one attached hydrogen (secondary N) is 3. The maximum atomic E-state index is 13.0. The molecule has 3 N–H and O–H groups in total. The lowest BCUT2D eigenvalue weighted by molar-refractivity contribution is -0.193. The molecule has 0 spiro atoms. The van der Waals surface area contributed by atoms with E-state index in [4.69, 9.17) is 14.2 Å². The number of ketones is 1. The van der Waals surface area contributed by atoms with Crippen molar-refractivity contribution < 1.29 is 43.0 Å². The maximum absolute atomic E-state index is 13.0. The Morgan fingerprint density at radius 3 is 2.31 bits per heavy atom. The number of carbonyl (C=O) groups excluding carboxylic acids is 6. The van der Waals surface area contributed by atoms with Crippen LogP contribution in [0.25, 0.3) is 0 Å². The second kappa shape index (κ2) is 13.8. The van der Waals surface area contributed by atoms with Crippen molar-refractivity contribution in [1.82, 2.24) is 16.0 Å². The summed E-state index contributed by atoms with van der Waals surface area (Å²) >= 11 is 0. The Kier molecular flexibility index (Phi) is 10.7. The van der Waals surface area contributed by atoms with Gasteiger partial charge < -0.3 is 30.2 Å². The first-order chi connectivity index (χ1) is 19.7. The van der Waals surface area contributed by atoms with Crippen LogP contribution in [0.2, 0.25) is 0 Å². The van der Waals surface area contributed by atoms with Crippen molar-refractivity contribution >= 4 is 35.6 Å². The molecule has 2 fully saturated rings. The third kappa shape index (κ3) is 9.02. The summed E-state index contributed by atoms with van der Waals surface area (Å²) in [7, 11) is 0. The standard InChI is InChI=1S/C30H41N3O9/c1-7-16(2)23-24(41-28(23)38)26(36)32-20-13-19(20)14-21(27(37)40-15-22(34)18-11-9-8-10-12-18)33-25(35)17(3)31-29(39)42-30(4,5)6/h8-12,16-17,19-21,23-24H,7,13-15H2,1-6H3,(H,31,39)(H,32,36)(H,33,35). The molecule has 3 rings (SSSR count). The molecule has 7 atom stereocenters. The lowest BCUT2D eigenvalue weighted by atomic mass is 9.83. The Morgan fingerprint density at radius 1 is 1.05 bits per heavy atom. The van der Waals surface area contributed by atoms with Crippen molar-refractivity contribution in [2.24, 2.45) is 17.8 Å². The Bertz CT molecular complexity index is 1180. The molecular weight excluding hydrogens is 546 g/mol. The summed E-state index contributed by atoms with van der Waals surface area (Å²) in [4.78, 5) is 75.1. The molecule has 42 heavy (non-hydrogen) atoms. The minimum Gasteiger partial charge on any atom is -0.456 e. The second-order valence-corrected chi connectivity index (χ2v) is 11.9. The van der Waals surface area contributed by atoms with Crippen molar-refractivity contribution in [3.63, 3.8) is 0 Å². The van der Waals surface area contributed by atoms with E-state index in [1.807, 2.05) is 13.8 Å². The molecule has 1 saturated carbocycles. The molecule has 1 heterocycles. The SMILES string of the molecule is CCC(C)C1C(=O)OC1C(=O)NC1CC1CC(NC(=O)C(C)NC(=O)OC(C)(C)C)C(=O)OCC(=O)c1ccccc1. The van der Waals surface area contributed by atoms with Crippen LogP contribution in [-0.2, 0) is 33.4 Å². The van der Waals surface area contributed by atoms with E-state index in [0.29, 0.717) is 12.0 Å². The molecule has 1 aliphatic heterocycles. The number of benzene rings is 1. The number of cyclic esters (lactones) is 1. The summed E-state index contributed by atoms with van der Waals surface area (Å²) in [5, 5.41) is 7.89. The summed E-state index contributed by atoms with van der Waals surface area (Å²) in [5.41, 5.74) is -0.395. The van der Waals surface area contributed by atoms with Crippen LogP contribution in [0.5, 0.6) is 0 Å². The smallest absolute Gasteiger partial charge is 0.408 e. The zero-order chi connectivity index (χ0) is 31.2. The predicted molar refractivity (Wildman–Crippen MR) is 150 cm³/mol. The quantitative estimate of drug-likeness (QED) is 0.178. The van der Waals surface area contributed by atoms with Gasteiger partial charge in [-0.3, -0.25) is 19.2 Å². The number of ether oxygens (including phenoxy) is 3. The van der Waals surface area contributed by atoms with Crippen LogP contribution in [0.4, 0.5) is 4.79 Å². The van der Waals surface area contributed by atoms with Crippen LogP contribution in [0.15, 0.2) is 30.3 Å². The molecule has 12 heteroatoms. The average molecular weight is 588 g/mol. The lowest BCUT2D eigenvalue weighted by Gasteiger charge is -2.37. The Hall–Kier alpha value is -3.96. The number of carbonyl (C=O) groups is 6. The Morgan fingerprint density at radius 2 is 1.71 bits per heavy atom. The molecule has 230 valence electrons. The van der Waals surface area contributed by atoms with Gasteiger partial charge in [-0.1, -0.05) is 50.6 Å². The van der Waals surface area contributed by atoms with Gasteiger partial charge in [-0.25, -0.2) is 9.59 Å². The average Bonchev–Trinajstić information content (AvgIpc) is 3.65. The minimum absolute atomic E-state index is 0.00115. The summed E-state index contributed by atoms with van der Waals surface area (Å²) in [6.07, 6.45) is -0.261. The second-order valence-electron chi connectivity index (χ2n) is 11.9. The van der Waals surface area contributed by atoms with Gasteiger partial charge in [0.1, 0.15) is 23.6 Å². The van der Waals surface area contributed by atoms with Gasteiger partial charge in [-0.15, -0.1) is 0 Å². The first-order valence-electron chi connectivity index (χ1n) is 14.3. The highest BCUT2D eigenvalue weighted by Crippen LogP contribution is 2.37. The normalized spacial score (nSPS) is 23.1. The van der Waals surface area contributed by atoms with Crippen LogP contribution in [0, 0.1) is 17.8 Å². The van der Waals surface area contributed by atoms with Crippen LogP contribution in [0.3, 0.4) is 0 Å². The van der Waals surface area contributed by atoms with E-state index in [9.17, 15) is 28.8 Å². The van der Waals surface area contributed by atoms with Gasteiger partial charge in [0, 0.05) is 11.6 Å². The van der Waals surface area contributed by atoms with Gasteiger partial charge in [-0.05, 0) is 52.4 Å². The number of hydrogen-bond donors (Lipinski definition) is 3. The Balaban J connectivity index is 1.60. The monoisotopic (exact) mass is 587 g/mol. The molecule has 2 aliphatic rings.